The summed E-state index contributed by atoms with van der Waals surface area (Å²) in [4.78, 5) is 26.6. The van der Waals surface area contributed by atoms with E-state index in [-0.39, 0.29) is 24.2 Å². The number of nitrogens with zero attached hydrogens (tertiary/aromatic N) is 1. The van der Waals surface area contributed by atoms with Gasteiger partial charge in [0.2, 0.25) is 11.8 Å². The summed E-state index contributed by atoms with van der Waals surface area (Å²) < 4.78 is 0. The van der Waals surface area contributed by atoms with Crippen LogP contribution in [-0.4, -0.2) is 18.4 Å². The minimum atomic E-state index is -0.304. The normalized spacial score (nSPS) is 19.2. The number of amides is 2. The molecule has 0 unspecified atom stereocenters. The van der Waals surface area contributed by atoms with Gasteiger partial charge in [0.25, 0.3) is 0 Å². The van der Waals surface area contributed by atoms with Gasteiger partial charge in [0, 0.05) is 24.3 Å². The molecule has 2 aromatic rings. The molecule has 4 heteroatoms. The SMILES string of the molecule is Cc1ccc(N2C[C@@H](C(=O)Nc3ccc4c(c3)CCC4)CC2=O)cc1. The summed E-state index contributed by atoms with van der Waals surface area (Å²) in [5.41, 5.74) is 5.58. The summed E-state index contributed by atoms with van der Waals surface area (Å²) in [5.74, 6) is -0.360. The summed E-state index contributed by atoms with van der Waals surface area (Å²) in [5, 5.41) is 3.00. The molecule has 128 valence electrons. The second-order valence-corrected chi connectivity index (χ2v) is 7.07. The van der Waals surface area contributed by atoms with Crippen LogP contribution in [0.2, 0.25) is 0 Å². The highest BCUT2D eigenvalue weighted by molar-refractivity contribution is 6.03. The lowest BCUT2D eigenvalue weighted by atomic mass is 10.1. The first-order valence-corrected chi connectivity index (χ1v) is 8.90. The lowest BCUT2D eigenvalue weighted by Crippen LogP contribution is -2.28. The summed E-state index contributed by atoms with van der Waals surface area (Å²) in [7, 11) is 0. The molecule has 25 heavy (non-hydrogen) atoms. The zero-order valence-corrected chi connectivity index (χ0v) is 14.4. The number of anilines is 2. The van der Waals surface area contributed by atoms with E-state index in [4.69, 9.17) is 0 Å². The Morgan fingerprint density at radius 3 is 2.64 bits per heavy atom. The highest BCUT2D eigenvalue weighted by atomic mass is 16.2. The number of rotatable bonds is 3. The molecule has 4 nitrogen and oxygen atoms in total. The molecule has 0 bridgehead atoms. The topological polar surface area (TPSA) is 49.4 Å². The van der Waals surface area contributed by atoms with Crippen molar-refractivity contribution >= 4 is 23.2 Å². The molecule has 1 aliphatic carbocycles. The molecule has 0 radical (unpaired) electrons. The second-order valence-electron chi connectivity index (χ2n) is 7.07. The molecule has 1 N–H and O–H groups in total. The summed E-state index contributed by atoms with van der Waals surface area (Å²) in [6, 6.07) is 14.0. The van der Waals surface area contributed by atoms with E-state index in [1.807, 2.05) is 37.3 Å². The van der Waals surface area contributed by atoms with E-state index < -0.39 is 0 Å². The average molecular weight is 334 g/mol. The maximum atomic E-state index is 12.6. The van der Waals surface area contributed by atoms with Gasteiger partial charge in [-0.1, -0.05) is 23.8 Å². The van der Waals surface area contributed by atoms with E-state index in [9.17, 15) is 9.59 Å². The lowest BCUT2D eigenvalue weighted by Gasteiger charge is -2.17. The molecule has 0 saturated carbocycles. The standard InChI is InChI=1S/C21H22N2O2/c1-14-5-9-19(10-6-14)23-13-17(12-20(23)24)21(25)22-18-8-7-15-3-2-4-16(15)11-18/h5-11,17H,2-4,12-13H2,1H3,(H,22,25)/t17-/m0/s1. The van der Waals surface area contributed by atoms with Crippen LogP contribution >= 0.6 is 0 Å². The molecule has 2 aromatic carbocycles. The first-order chi connectivity index (χ1) is 12.1. The van der Waals surface area contributed by atoms with Crippen LogP contribution in [0.15, 0.2) is 42.5 Å². The summed E-state index contributed by atoms with van der Waals surface area (Å²) >= 11 is 0. The number of hydrogen-bond donors (Lipinski definition) is 1. The molecular weight excluding hydrogens is 312 g/mol. The predicted octanol–water partition coefficient (Wildman–Crippen LogP) is 3.48. The van der Waals surface area contributed by atoms with Crippen LogP contribution in [0.3, 0.4) is 0 Å². The van der Waals surface area contributed by atoms with Gasteiger partial charge < -0.3 is 10.2 Å². The monoisotopic (exact) mass is 334 g/mol. The van der Waals surface area contributed by atoms with E-state index in [1.165, 1.54) is 17.5 Å². The molecule has 1 saturated heterocycles. The second kappa shape index (κ2) is 6.36. The predicted molar refractivity (Wildman–Crippen MR) is 98.7 cm³/mol. The van der Waals surface area contributed by atoms with Crippen LogP contribution < -0.4 is 10.2 Å². The molecule has 1 aliphatic heterocycles. The number of benzene rings is 2. The molecular formula is C21H22N2O2. The molecule has 1 heterocycles. The van der Waals surface area contributed by atoms with E-state index in [0.29, 0.717) is 6.54 Å². The Morgan fingerprint density at radius 1 is 1.08 bits per heavy atom. The number of carbonyl (C=O) groups is 2. The lowest BCUT2D eigenvalue weighted by molar-refractivity contribution is -0.122. The minimum Gasteiger partial charge on any atom is -0.326 e. The molecule has 4 rings (SSSR count). The van der Waals surface area contributed by atoms with Gasteiger partial charge in [-0.2, -0.15) is 0 Å². The summed E-state index contributed by atoms with van der Waals surface area (Å²) in [6.45, 7) is 2.46. The zero-order chi connectivity index (χ0) is 17.4. The largest absolute Gasteiger partial charge is 0.326 e. The fourth-order valence-electron chi connectivity index (χ4n) is 3.75. The number of fused-ring (bicyclic) bond motifs is 1. The molecule has 1 fully saturated rings. The fraction of sp³-hybridized carbons (Fsp3) is 0.333. The van der Waals surface area contributed by atoms with E-state index in [1.54, 1.807) is 4.90 Å². The van der Waals surface area contributed by atoms with E-state index in [2.05, 4.69) is 17.4 Å². The van der Waals surface area contributed by atoms with Crippen LogP contribution in [0.1, 0.15) is 29.5 Å². The van der Waals surface area contributed by atoms with Crippen LogP contribution in [0, 0.1) is 12.8 Å². The van der Waals surface area contributed by atoms with Crippen molar-refractivity contribution in [3.8, 4) is 0 Å². The van der Waals surface area contributed by atoms with Crippen molar-refractivity contribution < 1.29 is 9.59 Å². The zero-order valence-electron chi connectivity index (χ0n) is 14.4. The maximum absolute atomic E-state index is 12.6. The third-order valence-corrected chi connectivity index (χ3v) is 5.21. The van der Waals surface area contributed by atoms with E-state index in [0.717, 1.165) is 29.8 Å². The molecule has 2 amide bonds. The van der Waals surface area contributed by atoms with Crippen molar-refractivity contribution in [2.24, 2.45) is 5.92 Å². The maximum Gasteiger partial charge on any atom is 0.229 e. The Labute approximate surface area is 147 Å². The first-order valence-electron chi connectivity index (χ1n) is 8.90. The van der Waals surface area contributed by atoms with Crippen molar-refractivity contribution in [3.05, 3.63) is 59.2 Å². The van der Waals surface area contributed by atoms with Gasteiger partial charge in [-0.05, 0) is 61.6 Å². The van der Waals surface area contributed by atoms with Gasteiger partial charge in [-0.3, -0.25) is 9.59 Å². The van der Waals surface area contributed by atoms with Gasteiger partial charge in [0.15, 0.2) is 0 Å². The van der Waals surface area contributed by atoms with Gasteiger partial charge in [-0.25, -0.2) is 0 Å². The third kappa shape index (κ3) is 3.16. The fourth-order valence-corrected chi connectivity index (χ4v) is 3.75. The van der Waals surface area contributed by atoms with Crippen LogP contribution in [-0.2, 0) is 22.4 Å². The van der Waals surface area contributed by atoms with Crippen molar-refractivity contribution in [3.63, 3.8) is 0 Å². The smallest absolute Gasteiger partial charge is 0.229 e. The Bertz CT molecular complexity index is 826. The van der Waals surface area contributed by atoms with Gasteiger partial charge in [0.1, 0.15) is 0 Å². The third-order valence-electron chi connectivity index (χ3n) is 5.21. The van der Waals surface area contributed by atoms with Crippen molar-refractivity contribution in [1.29, 1.82) is 0 Å². The van der Waals surface area contributed by atoms with Crippen molar-refractivity contribution in [2.45, 2.75) is 32.6 Å². The number of hydrogen-bond acceptors (Lipinski definition) is 2. The average Bonchev–Trinajstić information content (AvgIpc) is 3.22. The van der Waals surface area contributed by atoms with Crippen molar-refractivity contribution in [1.82, 2.24) is 0 Å². The number of nitrogens with one attached hydrogen (secondary N) is 1. The van der Waals surface area contributed by atoms with Gasteiger partial charge >= 0.3 is 0 Å². The number of carbonyl (C=O) groups excluding carboxylic acids is 2. The Balaban J connectivity index is 1.44. The van der Waals surface area contributed by atoms with E-state index >= 15 is 0 Å². The Hall–Kier alpha value is -2.62. The Morgan fingerprint density at radius 2 is 1.84 bits per heavy atom. The first kappa shape index (κ1) is 15.9. The Kier molecular flexibility index (Phi) is 4.04. The summed E-state index contributed by atoms with van der Waals surface area (Å²) in [6.07, 6.45) is 3.67. The molecule has 0 aromatic heterocycles. The highest BCUT2D eigenvalue weighted by Gasteiger charge is 2.35. The molecule has 0 spiro atoms. The van der Waals surface area contributed by atoms with Crippen LogP contribution in [0.4, 0.5) is 11.4 Å². The van der Waals surface area contributed by atoms with Gasteiger partial charge in [0.05, 0.1) is 5.92 Å². The molecule has 1 atom stereocenters. The number of aryl methyl sites for hydroxylation is 3. The highest BCUT2D eigenvalue weighted by Crippen LogP contribution is 2.28. The molecule has 2 aliphatic rings. The van der Waals surface area contributed by atoms with Gasteiger partial charge in [-0.15, -0.1) is 0 Å². The van der Waals surface area contributed by atoms with Crippen LogP contribution in [0.5, 0.6) is 0 Å². The quantitative estimate of drug-likeness (QED) is 0.934. The minimum absolute atomic E-state index is 0.0120. The van der Waals surface area contributed by atoms with Crippen molar-refractivity contribution in [2.75, 3.05) is 16.8 Å². The van der Waals surface area contributed by atoms with Crippen LogP contribution in [0.25, 0.3) is 0 Å².